The molecule has 6 heteroatoms. The maximum Gasteiger partial charge on any atom is 0.231 e. The van der Waals surface area contributed by atoms with Crippen molar-refractivity contribution in [3.05, 3.63) is 60.3 Å². The van der Waals surface area contributed by atoms with Gasteiger partial charge in [-0.05, 0) is 29.8 Å². The third-order valence-electron chi connectivity index (χ3n) is 4.23. The van der Waals surface area contributed by atoms with Gasteiger partial charge in [-0.3, -0.25) is 9.78 Å². The number of pyridine rings is 1. The summed E-state index contributed by atoms with van der Waals surface area (Å²) >= 11 is 0. The van der Waals surface area contributed by atoms with E-state index in [1.165, 1.54) is 0 Å². The second-order valence-electron chi connectivity index (χ2n) is 6.02. The molecule has 2 aromatic carbocycles. The second kappa shape index (κ2) is 7.31. The monoisotopic (exact) mass is 349 g/mol. The zero-order chi connectivity index (χ0) is 17.8. The number of hydrogen-bond acceptors (Lipinski definition) is 5. The highest BCUT2D eigenvalue weighted by molar-refractivity contribution is 5.90. The zero-order valence-corrected chi connectivity index (χ0v) is 14.2. The smallest absolute Gasteiger partial charge is 0.231 e. The first kappa shape index (κ1) is 16.2. The summed E-state index contributed by atoms with van der Waals surface area (Å²) in [6, 6.07) is 15.6. The van der Waals surface area contributed by atoms with Gasteiger partial charge in [-0.2, -0.15) is 0 Å². The van der Waals surface area contributed by atoms with Crippen LogP contribution in [-0.4, -0.2) is 24.2 Å². The molecule has 1 aromatic heterocycles. The third kappa shape index (κ3) is 3.54. The number of anilines is 1. The van der Waals surface area contributed by atoms with Crippen LogP contribution >= 0.6 is 0 Å². The zero-order valence-electron chi connectivity index (χ0n) is 14.2. The number of carbonyl (C=O) groups excluding carboxylic acids is 1. The first-order chi connectivity index (χ1) is 12.8. The van der Waals surface area contributed by atoms with Crippen molar-refractivity contribution in [3.8, 4) is 11.5 Å². The SMILES string of the molecule is O=C(CCNc1cccc2cccnc12)NCc1ccc2c(c1)OCO2. The van der Waals surface area contributed by atoms with Crippen LogP contribution in [0.4, 0.5) is 5.69 Å². The number of hydrogen-bond donors (Lipinski definition) is 2. The molecule has 0 unspecified atom stereocenters. The summed E-state index contributed by atoms with van der Waals surface area (Å²) < 4.78 is 10.6. The number of benzene rings is 2. The van der Waals surface area contributed by atoms with Crippen molar-refractivity contribution in [1.82, 2.24) is 10.3 Å². The molecule has 0 bridgehead atoms. The molecule has 1 aliphatic heterocycles. The molecule has 3 aromatic rings. The molecule has 0 spiro atoms. The summed E-state index contributed by atoms with van der Waals surface area (Å²) in [5.74, 6) is 1.46. The summed E-state index contributed by atoms with van der Waals surface area (Å²) in [6.07, 6.45) is 2.15. The normalized spacial score (nSPS) is 12.2. The minimum absolute atomic E-state index is 0.0108. The minimum Gasteiger partial charge on any atom is -0.454 e. The Morgan fingerprint density at radius 2 is 1.96 bits per heavy atom. The molecular weight excluding hydrogens is 330 g/mol. The fourth-order valence-electron chi connectivity index (χ4n) is 2.90. The predicted molar refractivity (Wildman–Crippen MR) is 99.3 cm³/mol. The molecule has 4 rings (SSSR count). The van der Waals surface area contributed by atoms with Gasteiger partial charge in [-0.1, -0.05) is 24.3 Å². The van der Waals surface area contributed by atoms with Crippen molar-refractivity contribution >= 4 is 22.5 Å². The summed E-state index contributed by atoms with van der Waals surface area (Å²) in [7, 11) is 0. The molecule has 0 radical (unpaired) electrons. The van der Waals surface area contributed by atoms with Crippen LogP contribution in [0.2, 0.25) is 0 Å². The van der Waals surface area contributed by atoms with Crippen molar-refractivity contribution in [1.29, 1.82) is 0 Å². The van der Waals surface area contributed by atoms with E-state index in [9.17, 15) is 4.79 Å². The first-order valence-corrected chi connectivity index (χ1v) is 8.52. The Labute approximate surface area is 151 Å². The molecule has 0 fully saturated rings. The molecule has 2 heterocycles. The molecule has 0 aliphatic carbocycles. The predicted octanol–water partition coefficient (Wildman–Crippen LogP) is 3.08. The molecule has 0 saturated carbocycles. The largest absolute Gasteiger partial charge is 0.454 e. The van der Waals surface area contributed by atoms with E-state index in [0.717, 1.165) is 33.7 Å². The van der Waals surface area contributed by atoms with E-state index >= 15 is 0 Å². The molecule has 132 valence electrons. The number of amides is 1. The molecular formula is C20H19N3O3. The number of carbonyl (C=O) groups is 1. The van der Waals surface area contributed by atoms with Gasteiger partial charge in [0.25, 0.3) is 0 Å². The lowest BCUT2D eigenvalue weighted by atomic mass is 10.2. The Morgan fingerprint density at radius 3 is 2.92 bits per heavy atom. The van der Waals surface area contributed by atoms with Crippen molar-refractivity contribution in [2.45, 2.75) is 13.0 Å². The van der Waals surface area contributed by atoms with Gasteiger partial charge in [0, 0.05) is 31.1 Å². The van der Waals surface area contributed by atoms with E-state index in [-0.39, 0.29) is 12.7 Å². The fraction of sp³-hybridized carbons (Fsp3) is 0.200. The summed E-state index contributed by atoms with van der Waals surface area (Å²) in [4.78, 5) is 16.5. The Hall–Kier alpha value is -3.28. The van der Waals surface area contributed by atoms with Crippen molar-refractivity contribution in [3.63, 3.8) is 0 Å². The molecule has 1 aliphatic rings. The maximum atomic E-state index is 12.1. The van der Waals surface area contributed by atoms with Gasteiger partial charge in [0.2, 0.25) is 12.7 Å². The highest BCUT2D eigenvalue weighted by Crippen LogP contribution is 2.32. The molecule has 6 nitrogen and oxygen atoms in total. The van der Waals surface area contributed by atoms with Gasteiger partial charge in [-0.25, -0.2) is 0 Å². The molecule has 1 amide bonds. The minimum atomic E-state index is -0.0108. The van der Waals surface area contributed by atoms with E-state index in [2.05, 4.69) is 15.6 Å². The van der Waals surface area contributed by atoms with Gasteiger partial charge in [0.15, 0.2) is 11.5 Å². The fourth-order valence-corrected chi connectivity index (χ4v) is 2.90. The van der Waals surface area contributed by atoms with E-state index < -0.39 is 0 Å². The number of nitrogens with zero attached hydrogens (tertiary/aromatic N) is 1. The van der Waals surface area contributed by atoms with Crippen molar-refractivity contribution in [2.24, 2.45) is 0 Å². The van der Waals surface area contributed by atoms with Crippen LogP contribution in [0.3, 0.4) is 0 Å². The molecule has 0 atom stereocenters. The van der Waals surface area contributed by atoms with Crippen LogP contribution in [0, 0.1) is 0 Å². The number of rotatable bonds is 6. The topological polar surface area (TPSA) is 72.5 Å². The lowest BCUT2D eigenvalue weighted by molar-refractivity contribution is -0.121. The number of para-hydroxylation sites is 1. The van der Waals surface area contributed by atoms with E-state index in [1.54, 1.807) is 6.20 Å². The molecule has 0 saturated heterocycles. The Bertz CT molecular complexity index is 937. The standard InChI is InChI=1S/C20H19N3O3/c24-19(23-12-14-6-7-17-18(11-14)26-13-25-17)8-10-21-16-5-1-3-15-4-2-9-22-20(15)16/h1-7,9,11,21H,8,10,12-13H2,(H,23,24). The van der Waals surface area contributed by atoms with Crippen molar-refractivity contribution in [2.75, 3.05) is 18.7 Å². The summed E-state index contributed by atoms with van der Waals surface area (Å²) in [5, 5.41) is 7.29. The Kier molecular flexibility index (Phi) is 4.55. The van der Waals surface area contributed by atoms with Gasteiger partial charge in [0.05, 0.1) is 11.2 Å². The lowest BCUT2D eigenvalue weighted by Gasteiger charge is -2.10. The van der Waals surface area contributed by atoms with Crippen LogP contribution in [0.25, 0.3) is 10.9 Å². The highest BCUT2D eigenvalue weighted by Gasteiger charge is 2.13. The number of fused-ring (bicyclic) bond motifs is 2. The number of aromatic nitrogens is 1. The van der Waals surface area contributed by atoms with Gasteiger partial charge in [0.1, 0.15) is 0 Å². The van der Waals surface area contributed by atoms with E-state index in [1.807, 2.05) is 48.5 Å². The van der Waals surface area contributed by atoms with Gasteiger partial charge in [-0.15, -0.1) is 0 Å². The van der Waals surface area contributed by atoms with Crippen LogP contribution in [0.15, 0.2) is 54.7 Å². The van der Waals surface area contributed by atoms with E-state index in [4.69, 9.17) is 9.47 Å². The van der Waals surface area contributed by atoms with Crippen molar-refractivity contribution < 1.29 is 14.3 Å². The highest BCUT2D eigenvalue weighted by atomic mass is 16.7. The summed E-state index contributed by atoms with van der Waals surface area (Å²) in [5.41, 5.74) is 2.83. The first-order valence-electron chi connectivity index (χ1n) is 8.52. The van der Waals surface area contributed by atoms with Crippen LogP contribution in [-0.2, 0) is 11.3 Å². The van der Waals surface area contributed by atoms with Gasteiger partial charge < -0.3 is 20.1 Å². The summed E-state index contributed by atoms with van der Waals surface area (Å²) in [6.45, 7) is 1.26. The average Bonchev–Trinajstić information content (AvgIpc) is 3.14. The van der Waals surface area contributed by atoms with Gasteiger partial charge >= 0.3 is 0 Å². The lowest BCUT2D eigenvalue weighted by Crippen LogP contribution is -2.24. The van der Waals surface area contributed by atoms with Crippen LogP contribution in [0.5, 0.6) is 11.5 Å². The van der Waals surface area contributed by atoms with E-state index in [0.29, 0.717) is 19.5 Å². The quantitative estimate of drug-likeness (QED) is 0.715. The third-order valence-corrected chi connectivity index (χ3v) is 4.23. The Morgan fingerprint density at radius 1 is 1.08 bits per heavy atom. The van der Waals surface area contributed by atoms with Crippen LogP contribution in [0.1, 0.15) is 12.0 Å². The molecule has 26 heavy (non-hydrogen) atoms. The average molecular weight is 349 g/mol. The number of ether oxygens (including phenoxy) is 2. The Balaban J connectivity index is 1.27. The molecule has 2 N–H and O–H groups in total. The maximum absolute atomic E-state index is 12.1. The number of nitrogens with one attached hydrogen (secondary N) is 2. The van der Waals surface area contributed by atoms with Crippen LogP contribution < -0.4 is 20.1 Å². The second-order valence-corrected chi connectivity index (χ2v) is 6.02.